The van der Waals surface area contributed by atoms with Crippen LogP contribution in [-0.4, -0.2) is 41.9 Å². The molecule has 9 nitrogen and oxygen atoms in total. The van der Waals surface area contributed by atoms with E-state index >= 15 is 0 Å². The maximum absolute atomic E-state index is 14.0. The third-order valence-corrected chi connectivity index (χ3v) is 7.46. The zero-order chi connectivity index (χ0) is 28.4. The van der Waals surface area contributed by atoms with Crippen LogP contribution in [0.15, 0.2) is 81.7 Å². The van der Waals surface area contributed by atoms with Crippen LogP contribution < -0.4 is 24.4 Å². The molecule has 0 spiro atoms. The molecule has 204 valence electrons. The van der Waals surface area contributed by atoms with E-state index in [9.17, 15) is 14.4 Å². The Morgan fingerprint density at radius 2 is 1.85 bits per heavy atom. The van der Waals surface area contributed by atoms with Crippen molar-refractivity contribution in [2.75, 3.05) is 20.3 Å². The number of ether oxygens (including phenoxy) is 3. The predicted molar refractivity (Wildman–Crippen MR) is 150 cm³/mol. The Balaban J connectivity index is 1.72. The Labute approximate surface area is 232 Å². The number of nitrogens with zero attached hydrogens (tertiary/aromatic N) is 2. The fraction of sp³-hybridized carbons (Fsp3) is 0.200. The zero-order valence-corrected chi connectivity index (χ0v) is 22.9. The third kappa shape index (κ3) is 5.01. The van der Waals surface area contributed by atoms with Crippen molar-refractivity contribution in [2.45, 2.75) is 19.9 Å². The van der Waals surface area contributed by atoms with E-state index in [-0.39, 0.29) is 17.7 Å². The molecular weight excluding hydrogens is 532 g/mol. The molecule has 0 saturated heterocycles. The quantitative estimate of drug-likeness (QED) is 0.330. The summed E-state index contributed by atoms with van der Waals surface area (Å²) in [5.74, 6) is -0.680. The summed E-state index contributed by atoms with van der Waals surface area (Å²) < 4.78 is 18.3. The SMILES string of the molecule is CCOC(=O)C1=C(C)N=c2sc(=Cc3ccc(OCC(=O)O)cc3)c(=O)n2[C@@H]1c1c(OC)ccc2ccccc12. The van der Waals surface area contributed by atoms with Crippen LogP contribution in [0, 0.1) is 0 Å². The summed E-state index contributed by atoms with van der Waals surface area (Å²) in [5, 5.41) is 10.6. The van der Waals surface area contributed by atoms with Crippen molar-refractivity contribution in [3.63, 3.8) is 0 Å². The van der Waals surface area contributed by atoms with E-state index in [0.717, 1.165) is 10.8 Å². The minimum absolute atomic E-state index is 0.172. The van der Waals surface area contributed by atoms with Gasteiger partial charge in [0.05, 0.1) is 29.5 Å². The highest BCUT2D eigenvalue weighted by Gasteiger charge is 2.36. The highest BCUT2D eigenvalue weighted by Crippen LogP contribution is 2.40. The van der Waals surface area contributed by atoms with E-state index in [1.54, 1.807) is 51.3 Å². The second-order valence-corrected chi connectivity index (χ2v) is 9.97. The summed E-state index contributed by atoms with van der Waals surface area (Å²) in [4.78, 5) is 43.2. The summed E-state index contributed by atoms with van der Waals surface area (Å²) in [7, 11) is 1.56. The average molecular weight is 559 g/mol. The first kappa shape index (κ1) is 26.9. The Morgan fingerprint density at radius 3 is 2.55 bits per heavy atom. The molecule has 0 saturated carbocycles. The molecule has 0 aliphatic carbocycles. The summed E-state index contributed by atoms with van der Waals surface area (Å²) in [6, 6.07) is 17.4. The van der Waals surface area contributed by atoms with E-state index in [1.807, 2.05) is 36.4 Å². The average Bonchev–Trinajstić information content (AvgIpc) is 3.25. The number of esters is 1. The first-order valence-electron chi connectivity index (χ1n) is 12.5. The van der Waals surface area contributed by atoms with Crippen molar-refractivity contribution >= 4 is 40.1 Å². The minimum atomic E-state index is -1.07. The first-order valence-corrected chi connectivity index (χ1v) is 13.3. The number of carbonyl (C=O) groups excluding carboxylic acids is 1. The molecular formula is C30H26N2O7S. The number of carboxylic acid groups (broad SMARTS) is 1. The molecule has 3 aromatic carbocycles. The number of aliphatic carboxylic acids is 1. The highest BCUT2D eigenvalue weighted by molar-refractivity contribution is 7.07. The lowest BCUT2D eigenvalue weighted by atomic mass is 9.90. The number of methoxy groups -OCH3 is 1. The molecule has 2 heterocycles. The lowest BCUT2D eigenvalue weighted by Gasteiger charge is -2.27. The summed E-state index contributed by atoms with van der Waals surface area (Å²) >= 11 is 1.22. The molecule has 5 rings (SSSR count). The van der Waals surface area contributed by atoms with Gasteiger partial charge < -0.3 is 19.3 Å². The maximum atomic E-state index is 14.0. The van der Waals surface area contributed by atoms with Gasteiger partial charge in [0.1, 0.15) is 17.5 Å². The molecule has 1 atom stereocenters. The van der Waals surface area contributed by atoms with Gasteiger partial charge in [0.2, 0.25) is 0 Å². The normalized spacial score (nSPS) is 15.0. The van der Waals surface area contributed by atoms with Crippen molar-refractivity contribution in [1.29, 1.82) is 0 Å². The van der Waals surface area contributed by atoms with Crippen LogP contribution in [0.3, 0.4) is 0 Å². The zero-order valence-electron chi connectivity index (χ0n) is 22.0. The number of carbonyl (C=O) groups is 2. The molecule has 40 heavy (non-hydrogen) atoms. The van der Waals surface area contributed by atoms with Crippen LogP contribution in [0.2, 0.25) is 0 Å². The van der Waals surface area contributed by atoms with Crippen molar-refractivity contribution in [3.8, 4) is 11.5 Å². The van der Waals surface area contributed by atoms with Crippen LogP contribution >= 0.6 is 11.3 Å². The maximum Gasteiger partial charge on any atom is 0.341 e. The lowest BCUT2D eigenvalue weighted by Crippen LogP contribution is -2.40. The van der Waals surface area contributed by atoms with Crippen LogP contribution in [0.4, 0.5) is 0 Å². The van der Waals surface area contributed by atoms with Gasteiger partial charge in [-0.1, -0.05) is 53.8 Å². The number of benzene rings is 3. The van der Waals surface area contributed by atoms with E-state index in [1.165, 1.54) is 15.9 Å². The number of allylic oxidation sites excluding steroid dienone is 1. The van der Waals surface area contributed by atoms with Gasteiger partial charge in [0.15, 0.2) is 11.4 Å². The number of fused-ring (bicyclic) bond motifs is 2. The van der Waals surface area contributed by atoms with Gasteiger partial charge in [-0.25, -0.2) is 14.6 Å². The third-order valence-electron chi connectivity index (χ3n) is 6.48. The number of hydrogen-bond donors (Lipinski definition) is 1. The standard InChI is InChI=1S/C30H26N2O7S/c1-4-38-29(36)25-17(2)31-30-32(27(25)26-21-8-6-5-7-19(21)11-14-22(26)37-3)28(35)23(40-30)15-18-9-12-20(13-10-18)39-16-24(33)34/h5-15,27H,4,16H2,1-3H3,(H,33,34)/t27-/m0/s1. The summed E-state index contributed by atoms with van der Waals surface area (Å²) in [6.45, 7) is 3.20. The van der Waals surface area contributed by atoms with Crippen LogP contribution in [0.25, 0.3) is 16.8 Å². The van der Waals surface area contributed by atoms with Gasteiger partial charge >= 0.3 is 11.9 Å². The molecule has 0 bridgehead atoms. The van der Waals surface area contributed by atoms with E-state index in [2.05, 4.69) is 4.99 Å². The first-order chi connectivity index (χ1) is 19.3. The van der Waals surface area contributed by atoms with Gasteiger partial charge in [0.25, 0.3) is 5.56 Å². The van der Waals surface area contributed by atoms with Gasteiger partial charge in [0, 0.05) is 5.56 Å². The second-order valence-electron chi connectivity index (χ2n) is 8.96. The van der Waals surface area contributed by atoms with Gasteiger partial charge in [-0.2, -0.15) is 0 Å². The van der Waals surface area contributed by atoms with Crippen molar-refractivity contribution in [3.05, 3.63) is 103 Å². The number of carboxylic acids is 1. The Bertz CT molecular complexity index is 1830. The number of aromatic nitrogens is 1. The van der Waals surface area contributed by atoms with Crippen LogP contribution in [0.5, 0.6) is 11.5 Å². The van der Waals surface area contributed by atoms with E-state index in [4.69, 9.17) is 19.3 Å². The highest BCUT2D eigenvalue weighted by atomic mass is 32.1. The Hall–Kier alpha value is -4.70. The van der Waals surface area contributed by atoms with Crippen molar-refractivity contribution < 1.29 is 28.9 Å². The molecule has 0 radical (unpaired) electrons. The molecule has 1 N–H and O–H groups in total. The molecule has 0 amide bonds. The van der Waals surface area contributed by atoms with E-state index in [0.29, 0.717) is 37.7 Å². The van der Waals surface area contributed by atoms with Crippen molar-refractivity contribution in [2.24, 2.45) is 4.99 Å². The van der Waals surface area contributed by atoms with Crippen LogP contribution in [-0.2, 0) is 14.3 Å². The minimum Gasteiger partial charge on any atom is -0.496 e. The molecule has 1 aliphatic rings. The van der Waals surface area contributed by atoms with Crippen molar-refractivity contribution in [1.82, 2.24) is 4.57 Å². The number of rotatable bonds is 8. The predicted octanol–water partition coefficient (Wildman–Crippen LogP) is 3.42. The molecule has 10 heteroatoms. The Morgan fingerprint density at radius 1 is 1.10 bits per heavy atom. The largest absolute Gasteiger partial charge is 0.496 e. The fourth-order valence-electron chi connectivity index (χ4n) is 4.76. The molecule has 4 aromatic rings. The fourth-order valence-corrected chi connectivity index (χ4v) is 5.80. The monoisotopic (exact) mass is 558 g/mol. The molecule has 0 fully saturated rings. The summed E-state index contributed by atoms with van der Waals surface area (Å²) in [5.41, 5.74) is 1.81. The Kier molecular flexibility index (Phi) is 7.52. The van der Waals surface area contributed by atoms with Gasteiger partial charge in [-0.3, -0.25) is 9.36 Å². The molecule has 0 unspecified atom stereocenters. The van der Waals surface area contributed by atoms with Crippen LogP contribution in [0.1, 0.15) is 31.0 Å². The molecule has 1 aliphatic heterocycles. The van der Waals surface area contributed by atoms with Gasteiger partial charge in [-0.15, -0.1) is 0 Å². The molecule has 1 aromatic heterocycles. The number of thiazole rings is 1. The summed E-state index contributed by atoms with van der Waals surface area (Å²) in [6.07, 6.45) is 1.73. The smallest absolute Gasteiger partial charge is 0.341 e. The number of hydrogen-bond acceptors (Lipinski definition) is 8. The lowest BCUT2D eigenvalue weighted by molar-refractivity contribution is -0.140. The van der Waals surface area contributed by atoms with Gasteiger partial charge in [-0.05, 0) is 54.5 Å². The van der Waals surface area contributed by atoms with E-state index < -0.39 is 24.6 Å². The topological polar surface area (TPSA) is 116 Å². The second kappa shape index (κ2) is 11.2.